The van der Waals surface area contributed by atoms with Gasteiger partial charge in [-0.2, -0.15) is 5.10 Å². The Morgan fingerprint density at radius 1 is 1.19 bits per heavy atom. The molecule has 2 N–H and O–H groups in total. The predicted octanol–water partition coefficient (Wildman–Crippen LogP) is 0.974. The number of nitrogens with one attached hydrogen (secondary N) is 2. The molecular weight excluding hydrogens is 376 g/mol. The van der Waals surface area contributed by atoms with Crippen LogP contribution in [0, 0.1) is 0 Å². The van der Waals surface area contributed by atoms with Crippen molar-refractivity contribution in [3.8, 4) is 0 Å². The summed E-state index contributed by atoms with van der Waals surface area (Å²) in [6.07, 6.45) is 4.67. The molecule has 2 aromatic rings. The normalized spacial score (nSPS) is 16.5. The van der Waals surface area contributed by atoms with E-state index in [9.17, 15) is 13.2 Å². The second-order valence-corrected chi connectivity index (χ2v) is 8.23. The molecule has 0 unspecified atom stereocenters. The molecule has 1 aromatic carbocycles. The zero-order valence-electron chi connectivity index (χ0n) is 14.3. The van der Waals surface area contributed by atoms with Gasteiger partial charge in [-0.3, -0.25) is 9.48 Å². The van der Waals surface area contributed by atoms with Crippen LogP contribution in [0.15, 0.2) is 53.7 Å². The average molecular weight is 399 g/mol. The van der Waals surface area contributed by atoms with Crippen molar-refractivity contribution in [2.45, 2.75) is 23.3 Å². The molecule has 1 aromatic heterocycles. The Labute approximate surface area is 159 Å². The van der Waals surface area contributed by atoms with Gasteiger partial charge >= 0.3 is 0 Å². The van der Waals surface area contributed by atoms with E-state index in [1.165, 1.54) is 0 Å². The van der Waals surface area contributed by atoms with Crippen LogP contribution in [-0.2, 0) is 20.2 Å². The number of hydrogen-bond donors (Lipinski definition) is 2. The smallest absolute Gasteiger partial charge is 0.248 e. The molecule has 0 aliphatic carbocycles. The zero-order valence-corrected chi connectivity index (χ0v) is 15.9. The number of benzene rings is 1. The summed E-state index contributed by atoms with van der Waals surface area (Å²) in [5, 5.41) is 10.3. The van der Waals surface area contributed by atoms with Crippen LogP contribution in [0.1, 0.15) is 12.8 Å². The third-order valence-corrected chi connectivity index (χ3v) is 6.29. The number of halogens is 1. The highest BCUT2D eigenvalue weighted by atomic mass is 35.5. The molecule has 3 rings (SSSR count). The molecular formula is C17H23ClN4O3S. The van der Waals surface area contributed by atoms with Crippen LogP contribution >= 0.6 is 12.4 Å². The Kier molecular flexibility index (Phi) is 6.80. The van der Waals surface area contributed by atoms with E-state index >= 15 is 0 Å². The number of carbonyl (C=O) groups is 1. The molecule has 142 valence electrons. The lowest BCUT2D eigenvalue weighted by Gasteiger charge is -2.36. The molecule has 0 atom stereocenters. The minimum atomic E-state index is -3.41. The standard InChI is InChI=1S/C17H22N4O3S.ClH/c22-16(17(7-10-18-11-8-17)21-13-4-9-20-21)19-12-14-25(23,24)15-5-2-1-3-6-15;/h1-6,9,13,18H,7-8,10-12,14H2,(H,19,22);1H. The van der Waals surface area contributed by atoms with E-state index in [1.54, 1.807) is 53.5 Å². The summed E-state index contributed by atoms with van der Waals surface area (Å²) in [5.41, 5.74) is -0.759. The first-order valence-corrected chi connectivity index (χ1v) is 9.97. The lowest BCUT2D eigenvalue weighted by molar-refractivity contribution is -0.131. The topological polar surface area (TPSA) is 93.1 Å². The largest absolute Gasteiger partial charge is 0.353 e. The van der Waals surface area contributed by atoms with Gasteiger partial charge in [0.05, 0.1) is 10.6 Å². The number of carbonyl (C=O) groups excluding carboxylic acids is 1. The number of rotatable bonds is 6. The van der Waals surface area contributed by atoms with Crippen molar-refractivity contribution in [3.63, 3.8) is 0 Å². The van der Waals surface area contributed by atoms with Crippen molar-refractivity contribution in [2.24, 2.45) is 0 Å². The number of nitrogens with zero attached hydrogens (tertiary/aromatic N) is 2. The Balaban J connectivity index is 0.00000243. The second-order valence-electron chi connectivity index (χ2n) is 6.12. The van der Waals surface area contributed by atoms with Gasteiger partial charge in [0.1, 0.15) is 5.54 Å². The molecule has 0 saturated carbocycles. The minimum Gasteiger partial charge on any atom is -0.353 e. The fraction of sp³-hybridized carbons (Fsp3) is 0.412. The van der Waals surface area contributed by atoms with E-state index in [-0.39, 0.29) is 35.5 Å². The summed E-state index contributed by atoms with van der Waals surface area (Å²) < 4.78 is 26.3. The Bertz CT molecular complexity index is 804. The number of piperidine rings is 1. The first-order valence-electron chi connectivity index (χ1n) is 8.32. The summed E-state index contributed by atoms with van der Waals surface area (Å²) in [6.45, 7) is 1.51. The molecule has 1 aliphatic rings. The van der Waals surface area contributed by atoms with Crippen LogP contribution in [0.3, 0.4) is 0 Å². The van der Waals surface area contributed by atoms with Crippen LogP contribution in [0.25, 0.3) is 0 Å². The highest BCUT2D eigenvalue weighted by Gasteiger charge is 2.41. The Morgan fingerprint density at radius 2 is 1.88 bits per heavy atom. The van der Waals surface area contributed by atoms with E-state index in [4.69, 9.17) is 0 Å². The lowest BCUT2D eigenvalue weighted by Crippen LogP contribution is -2.55. The van der Waals surface area contributed by atoms with Crippen molar-refractivity contribution >= 4 is 28.2 Å². The van der Waals surface area contributed by atoms with E-state index in [1.807, 2.05) is 0 Å². The Morgan fingerprint density at radius 3 is 2.50 bits per heavy atom. The van der Waals surface area contributed by atoms with Gasteiger partial charge in [0.15, 0.2) is 9.84 Å². The van der Waals surface area contributed by atoms with Crippen molar-refractivity contribution in [1.29, 1.82) is 0 Å². The summed E-state index contributed by atoms with van der Waals surface area (Å²) >= 11 is 0. The zero-order chi connectivity index (χ0) is 17.8. The highest BCUT2D eigenvalue weighted by Crippen LogP contribution is 2.27. The maximum atomic E-state index is 12.8. The molecule has 1 saturated heterocycles. The summed E-state index contributed by atoms with van der Waals surface area (Å²) in [7, 11) is -3.41. The van der Waals surface area contributed by atoms with Gasteiger partial charge in [0.2, 0.25) is 5.91 Å². The summed E-state index contributed by atoms with van der Waals surface area (Å²) in [6, 6.07) is 10.1. The maximum absolute atomic E-state index is 12.8. The van der Waals surface area contributed by atoms with Crippen molar-refractivity contribution in [1.82, 2.24) is 20.4 Å². The van der Waals surface area contributed by atoms with Crippen molar-refractivity contribution in [3.05, 3.63) is 48.8 Å². The average Bonchev–Trinajstić information content (AvgIpc) is 3.18. The van der Waals surface area contributed by atoms with E-state index in [0.29, 0.717) is 12.8 Å². The van der Waals surface area contributed by atoms with Gasteiger partial charge in [-0.1, -0.05) is 18.2 Å². The van der Waals surface area contributed by atoms with Gasteiger partial charge in [0.25, 0.3) is 0 Å². The number of hydrogen-bond acceptors (Lipinski definition) is 5. The first-order chi connectivity index (χ1) is 12.0. The van der Waals surface area contributed by atoms with Crippen LogP contribution in [-0.4, -0.2) is 49.5 Å². The number of aromatic nitrogens is 2. The second kappa shape index (κ2) is 8.66. The van der Waals surface area contributed by atoms with Crippen molar-refractivity contribution in [2.75, 3.05) is 25.4 Å². The maximum Gasteiger partial charge on any atom is 0.248 e. The van der Waals surface area contributed by atoms with Gasteiger partial charge < -0.3 is 10.6 Å². The van der Waals surface area contributed by atoms with Gasteiger partial charge in [0, 0.05) is 18.9 Å². The molecule has 26 heavy (non-hydrogen) atoms. The van der Waals surface area contributed by atoms with Gasteiger partial charge in [-0.05, 0) is 44.1 Å². The molecule has 0 spiro atoms. The molecule has 1 aliphatic heterocycles. The van der Waals surface area contributed by atoms with Crippen LogP contribution in [0.2, 0.25) is 0 Å². The molecule has 1 amide bonds. The quantitative estimate of drug-likeness (QED) is 0.756. The number of amides is 1. The third kappa shape index (κ3) is 4.25. The summed E-state index contributed by atoms with van der Waals surface area (Å²) in [4.78, 5) is 13.1. The third-order valence-electron chi connectivity index (χ3n) is 4.55. The first kappa shape index (κ1) is 20.4. The molecule has 1 fully saturated rings. The van der Waals surface area contributed by atoms with E-state index < -0.39 is 15.4 Å². The fourth-order valence-electron chi connectivity index (χ4n) is 3.13. The van der Waals surface area contributed by atoms with E-state index in [2.05, 4.69) is 15.7 Å². The molecule has 2 heterocycles. The lowest BCUT2D eigenvalue weighted by atomic mass is 9.87. The predicted molar refractivity (Wildman–Crippen MR) is 101 cm³/mol. The molecule has 0 bridgehead atoms. The van der Waals surface area contributed by atoms with Gasteiger partial charge in [-0.25, -0.2) is 8.42 Å². The monoisotopic (exact) mass is 398 g/mol. The highest BCUT2D eigenvalue weighted by molar-refractivity contribution is 7.91. The fourth-order valence-corrected chi connectivity index (χ4v) is 4.31. The van der Waals surface area contributed by atoms with Crippen LogP contribution < -0.4 is 10.6 Å². The molecule has 0 radical (unpaired) electrons. The summed E-state index contributed by atoms with van der Waals surface area (Å²) in [5.74, 6) is -0.308. The van der Waals surface area contributed by atoms with Gasteiger partial charge in [-0.15, -0.1) is 12.4 Å². The minimum absolute atomic E-state index is 0. The number of sulfone groups is 1. The molecule has 7 nitrogen and oxygen atoms in total. The molecule has 9 heteroatoms. The van der Waals surface area contributed by atoms with E-state index in [0.717, 1.165) is 13.1 Å². The van der Waals surface area contributed by atoms with Crippen molar-refractivity contribution < 1.29 is 13.2 Å². The van der Waals surface area contributed by atoms with Crippen LogP contribution in [0.4, 0.5) is 0 Å². The SMILES string of the molecule is Cl.O=C(NCCS(=O)(=O)c1ccccc1)C1(n2cccn2)CCNCC1. The Hall–Kier alpha value is -1.90. The van der Waals surface area contributed by atoms with Crippen LogP contribution in [0.5, 0.6) is 0 Å².